The Bertz CT molecular complexity index is 543. The Hall–Kier alpha value is -1.62. The molecule has 0 aliphatic carbocycles. The molecule has 18 heavy (non-hydrogen) atoms. The fraction of sp³-hybridized carbons (Fsp3) is 0.538. The van der Waals surface area contributed by atoms with Gasteiger partial charge >= 0.3 is 0 Å². The maximum atomic E-state index is 5.37. The maximum Gasteiger partial charge on any atom is 0.152 e. The largest absolute Gasteiger partial charge is 0.379 e. The van der Waals surface area contributed by atoms with Crippen LogP contribution in [0.4, 0.5) is 5.82 Å². The monoisotopic (exact) mass is 246 g/mol. The Morgan fingerprint density at radius 2 is 2.39 bits per heavy atom. The van der Waals surface area contributed by atoms with Crippen LogP contribution in [0.15, 0.2) is 18.5 Å². The minimum atomic E-state index is 0.362. The molecule has 5 nitrogen and oxygen atoms in total. The lowest BCUT2D eigenvalue weighted by Gasteiger charge is -2.11. The summed E-state index contributed by atoms with van der Waals surface area (Å²) in [5, 5.41) is 7.99. The standard InChI is InChI=1S/C13H18N4O/c1-9(2)11-7-12-13(14-4-5-17(12)16-11)15-10-3-6-18-8-10/h4-5,7,9-10H,3,6,8H2,1-2H3,(H,14,15). The molecule has 0 radical (unpaired) electrons. The van der Waals surface area contributed by atoms with E-state index in [-0.39, 0.29) is 0 Å². The van der Waals surface area contributed by atoms with Gasteiger partial charge in [-0.3, -0.25) is 0 Å². The molecule has 2 aromatic rings. The Kier molecular flexibility index (Phi) is 2.91. The molecular weight excluding hydrogens is 228 g/mol. The van der Waals surface area contributed by atoms with E-state index < -0.39 is 0 Å². The van der Waals surface area contributed by atoms with Crippen LogP contribution < -0.4 is 5.32 Å². The van der Waals surface area contributed by atoms with Gasteiger partial charge in [-0.15, -0.1) is 0 Å². The van der Waals surface area contributed by atoms with Crippen molar-refractivity contribution in [3.8, 4) is 0 Å². The molecule has 3 heterocycles. The number of anilines is 1. The molecule has 1 saturated heterocycles. The van der Waals surface area contributed by atoms with Crippen molar-refractivity contribution in [2.75, 3.05) is 18.5 Å². The molecule has 1 N–H and O–H groups in total. The number of hydrogen-bond donors (Lipinski definition) is 1. The highest BCUT2D eigenvalue weighted by atomic mass is 16.5. The quantitative estimate of drug-likeness (QED) is 0.900. The second-order valence-electron chi connectivity index (χ2n) is 5.03. The highest BCUT2D eigenvalue weighted by Crippen LogP contribution is 2.21. The van der Waals surface area contributed by atoms with Gasteiger partial charge in [0.05, 0.1) is 18.3 Å². The van der Waals surface area contributed by atoms with Gasteiger partial charge in [0.15, 0.2) is 5.82 Å². The summed E-state index contributed by atoms with van der Waals surface area (Å²) in [4.78, 5) is 4.42. The van der Waals surface area contributed by atoms with E-state index in [1.165, 1.54) is 0 Å². The predicted molar refractivity (Wildman–Crippen MR) is 69.9 cm³/mol. The van der Waals surface area contributed by atoms with E-state index in [1.807, 2.05) is 10.7 Å². The van der Waals surface area contributed by atoms with Crippen molar-refractivity contribution in [1.29, 1.82) is 0 Å². The second-order valence-corrected chi connectivity index (χ2v) is 5.03. The van der Waals surface area contributed by atoms with Gasteiger partial charge < -0.3 is 10.1 Å². The van der Waals surface area contributed by atoms with Crippen molar-refractivity contribution in [2.24, 2.45) is 0 Å². The van der Waals surface area contributed by atoms with Crippen molar-refractivity contribution in [3.63, 3.8) is 0 Å². The van der Waals surface area contributed by atoms with Crippen LogP contribution in [-0.2, 0) is 4.74 Å². The Morgan fingerprint density at radius 3 is 3.11 bits per heavy atom. The summed E-state index contributed by atoms with van der Waals surface area (Å²) in [5.41, 5.74) is 2.13. The second kappa shape index (κ2) is 4.57. The topological polar surface area (TPSA) is 51.5 Å². The summed E-state index contributed by atoms with van der Waals surface area (Å²) >= 11 is 0. The Morgan fingerprint density at radius 1 is 1.50 bits per heavy atom. The number of nitrogens with zero attached hydrogens (tertiary/aromatic N) is 3. The normalized spacial score (nSPS) is 19.8. The van der Waals surface area contributed by atoms with Crippen LogP contribution in [-0.4, -0.2) is 33.9 Å². The molecule has 96 valence electrons. The molecule has 0 amide bonds. The molecular formula is C13H18N4O. The lowest BCUT2D eigenvalue weighted by Crippen LogP contribution is -2.20. The maximum absolute atomic E-state index is 5.37. The average molecular weight is 246 g/mol. The van der Waals surface area contributed by atoms with Crippen LogP contribution >= 0.6 is 0 Å². The molecule has 3 rings (SSSR count). The molecule has 1 aliphatic heterocycles. The van der Waals surface area contributed by atoms with Crippen molar-refractivity contribution in [2.45, 2.75) is 32.2 Å². The average Bonchev–Trinajstić information content (AvgIpc) is 2.97. The first-order valence-electron chi connectivity index (χ1n) is 6.42. The van der Waals surface area contributed by atoms with Gasteiger partial charge in [0, 0.05) is 19.0 Å². The zero-order valence-corrected chi connectivity index (χ0v) is 10.8. The molecule has 0 saturated carbocycles. The third-order valence-electron chi connectivity index (χ3n) is 3.27. The van der Waals surface area contributed by atoms with E-state index in [2.05, 4.69) is 35.3 Å². The van der Waals surface area contributed by atoms with Crippen LogP contribution in [0.2, 0.25) is 0 Å². The number of nitrogens with one attached hydrogen (secondary N) is 1. The summed E-state index contributed by atoms with van der Waals surface area (Å²) in [6.45, 7) is 5.88. The first-order chi connectivity index (χ1) is 8.74. The predicted octanol–water partition coefficient (Wildman–Crippen LogP) is 2.05. The van der Waals surface area contributed by atoms with Gasteiger partial charge in [-0.1, -0.05) is 13.8 Å². The fourth-order valence-electron chi connectivity index (χ4n) is 2.18. The van der Waals surface area contributed by atoms with E-state index >= 15 is 0 Å². The summed E-state index contributed by atoms with van der Waals surface area (Å²) in [5.74, 6) is 1.32. The van der Waals surface area contributed by atoms with Crippen molar-refractivity contribution in [3.05, 3.63) is 24.2 Å². The molecule has 0 aromatic carbocycles. The Balaban J connectivity index is 1.95. The minimum Gasteiger partial charge on any atom is -0.379 e. The number of rotatable bonds is 3. The number of fused-ring (bicyclic) bond motifs is 1. The van der Waals surface area contributed by atoms with Gasteiger partial charge in [0.25, 0.3) is 0 Å². The van der Waals surface area contributed by atoms with E-state index in [1.54, 1.807) is 6.20 Å². The first kappa shape index (κ1) is 11.5. The van der Waals surface area contributed by atoms with Crippen LogP contribution in [0, 0.1) is 0 Å². The lowest BCUT2D eigenvalue weighted by molar-refractivity contribution is 0.195. The molecule has 5 heteroatoms. The van der Waals surface area contributed by atoms with Crippen LogP contribution in [0.3, 0.4) is 0 Å². The highest BCUT2D eigenvalue weighted by Gasteiger charge is 2.17. The van der Waals surface area contributed by atoms with Crippen LogP contribution in [0.1, 0.15) is 31.9 Å². The van der Waals surface area contributed by atoms with E-state index in [0.29, 0.717) is 12.0 Å². The molecule has 1 atom stereocenters. The summed E-state index contributed by atoms with van der Waals surface area (Å²) in [6, 6.07) is 2.47. The van der Waals surface area contributed by atoms with Gasteiger partial charge in [0.1, 0.15) is 5.52 Å². The SMILES string of the molecule is CC(C)c1cc2c(NC3CCOC3)nccn2n1. The van der Waals surface area contributed by atoms with Gasteiger partial charge in [-0.2, -0.15) is 5.10 Å². The molecule has 1 unspecified atom stereocenters. The van der Waals surface area contributed by atoms with E-state index in [4.69, 9.17) is 4.74 Å². The van der Waals surface area contributed by atoms with Gasteiger partial charge in [-0.25, -0.2) is 9.50 Å². The molecule has 0 bridgehead atoms. The van der Waals surface area contributed by atoms with Gasteiger partial charge in [0.2, 0.25) is 0 Å². The van der Waals surface area contributed by atoms with E-state index in [9.17, 15) is 0 Å². The highest BCUT2D eigenvalue weighted by molar-refractivity contribution is 5.68. The molecule has 0 spiro atoms. The summed E-state index contributed by atoms with van der Waals surface area (Å²) < 4.78 is 7.26. The van der Waals surface area contributed by atoms with Crippen LogP contribution in [0.5, 0.6) is 0 Å². The summed E-state index contributed by atoms with van der Waals surface area (Å²) in [7, 11) is 0. The van der Waals surface area contributed by atoms with Crippen molar-refractivity contribution < 1.29 is 4.74 Å². The van der Waals surface area contributed by atoms with Crippen LogP contribution in [0.25, 0.3) is 5.52 Å². The minimum absolute atomic E-state index is 0.362. The first-order valence-corrected chi connectivity index (χ1v) is 6.42. The fourth-order valence-corrected chi connectivity index (χ4v) is 2.18. The smallest absolute Gasteiger partial charge is 0.152 e. The third-order valence-corrected chi connectivity index (χ3v) is 3.27. The van der Waals surface area contributed by atoms with E-state index in [0.717, 1.165) is 36.7 Å². The number of aromatic nitrogens is 3. The number of ether oxygens (including phenoxy) is 1. The lowest BCUT2D eigenvalue weighted by atomic mass is 10.1. The summed E-state index contributed by atoms with van der Waals surface area (Å²) in [6.07, 6.45) is 4.70. The zero-order valence-electron chi connectivity index (χ0n) is 10.8. The third kappa shape index (κ3) is 2.06. The molecule has 1 aliphatic rings. The molecule has 2 aromatic heterocycles. The van der Waals surface area contributed by atoms with Gasteiger partial charge in [-0.05, 0) is 18.4 Å². The van der Waals surface area contributed by atoms with Crippen molar-refractivity contribution in [1.82, 2.24) is 14.6 Å². The van der Waals surface area contributed by atoms with Crippen molar-refractivity contribution >= 4 is 11.3 Å². The Labute approximate surface area is 106 Å². The zero-order chi connectivity index (χ0) is 12.5. The number of hydrogen-bond acceptors (Lipinski definition) is 4. The molecule has 1 fully saturated rings.